The maximum absolute atomic E-state index is 11.9. The Hall–Kier alpha value is -2.26. The molecule has 2 N–H and O–H groups in total. The molecule has 1 amide bonds. The summed E-state index contributed by atoms with van der Waals surface area (Å²) < 4.78 is 2.77. The van der Waals surface area contributed by atoms with Crippen LogP contribution >= 0.6 is 31.9 Å². The van der Waals surface area contributed by atoms with Gasteiger partial charge in [-0.25, -0.2) is 9.97 Å². The zero-order valence-electron chi connectivity index (χ0n) is 12.7. The molecule has 0 bridgehead atoms. The van der Waals surface area contributed by atoms with E-state index in [1.165, 1.54) is 0 Å². The highest BCUT2D eigenvalue weighted by Gasteiger charge is 2.20. The summed E-state index contributed by atoms with van der Waals surface area (Å²) >= 11 is 6.61. The molecular formula is C16H11Br2N5O2. The topological polar surface area (TPSA) is 92.9 Å². The highest BCUT2D eigenvalue weighted by molar-refractivity contribution is 9.11. The van der Waals surface area contributed by atoms with E-state index in [1.54, 1.807) is 35.1 Å². The molecule has 0 saturated carbocycles. The van der Waals surface area contributed by atoms with Gasteiger partial charge in [-0.15, -0.1) is 0 Å². The Balaban J connectivity index is 1.77. The molecule has 0 radical (unpaired) electrons. The first kappa shape index (κ1) is 16.2. The van der Waals surface area contributed by atoms with Crippen molar-refractivity contribution in [3.8, 4) is 28.5 Å². The highest BCUT2D eigenvalue weighted by atomic mass is 79.9. The predicted octanol–water partition coefficient (Wildman–Crippen LogP) is 2.98. The van der Waals surface area contributed by atoms with Gasteiger partial charge < -0.3 is 10.4 Å². The number of fused-ring (bicyclic) bond motifs is 1. The Labute approximate surface area is 159 Å². The quantitative estimate of drug-likeness (QED) is 0.608. The normalized spacial score (nSPS) is 13.4. The van der Waals surface area contributed by atoms with Gasteiger partial charge in [-0.2, -0.15) is 5.10 Å². The first-order valence-electron chi connectivity index (χ1n) is 7.41. The van der Waals surface area contributed by atoms with Crippen molar-refractivity contribution in [2.45, 2.75) is 6.54 Å². The van der Waals surface area contributed by atoms with E-state index in [4.69, 9.17) is 0 Å². The van der Waals surface area contributed by atoms with Crippen molar-refractivity contribution in [1.82, 2.24) is 25.1 Å². The van der Waals surface area contributed by atoms with E-state index in [2.05, 4.69) is 52.2 Å². The zero-order valence-corrected chi connectivity index (χ0v) is 15.9. The standard InChI is InChI=1S/C16H11Br2N5O2/c17-9-5-8(6-10(18)14(9)24)15-19-2-1-11(21-15)12-7-13-16(25)20-3-4-23(13)22-12/h1-2,5-7,24H,3-4H2,(H,20,25). The number of nitrogens with zero attached hydrogens (tertiary/aromatic N) is 4. The molecule has 9 heteroatoms. The number of hydrogen-bond donors (Lipinski definition) is 2. The number of nitrogens with one attached hydrogen (secondary N) is 1. The first-order chi connectivity index (χ1) is 12.0. The minimum absolute atomic E-state index is 0.118. The lowest BCUT2D eigenvalue weighted by Crippen LogP contribution is -2.35. The maximum Gasteiger partial charge on any atom is 0.269 e. The van der Waals surface area contributed by atoms with Crippen molar-refractivity contribution in [3.05, 3.63) is 45.1 Å². The summed E-state index contributed by atoms with van der Waals surface area (Å²) in [6.45, 7) is 1.20. The molecule has 1 aromatic carbocycles. The molecular weight excluding hydrogens is 454 g/mol. The Morgan fingerprint density at radius 3 is 2.64 bits per heavy atom. The molecule has 3 aromatic rings. The number of rotatable bonds is 2. The Morgan fingerprint density at radius 1 is 1.16 bits per heavy atom. The van der Waals surface area contributed by atoms with E-state index in [0.717, 1.165) is 5.56 Å². The predicted molar refractivity (Wildman–Crippen MR) is 98.1 cm³/mol. The SMILES string of the molecule is O=C1NCCn2nc(-c3ccnc(-c4cc(Br)c(O)c(Br)c4)n3)cc21. The van der Waals surface area contributed by atoms with Crippen molar-refractivity contribution in [2.24, 2.45) is 0 Å². The van der Waals surface area contributed by atoms with Gasteiger partial charge in [-0.1, -0.05) is 0 Å². The largest absolute Gasteiger partial charge is 0.506 e. The Kier molecular flexibility index (Phi) is 4.04. The minimum atomic E-state index is -0.134. The summed E-state index contributed by atoms with van der Waals surface area (Å²) in [5, 5.41) is 17.1. The lowest BCUT2D eigenvalue weighted by atomic mass is 10.2. The molecule has 1 aliphatic heterocycles. The van der Waals surface area contributed by atoms with Crippen LogP contribution in [0.25, 0.3) is 22.8 Å². The van der Waals surface area contributed by atoms with Crippen LogP contribution < -0.4 is 5.32 Å². The number of phenolic OH excluding ortho intramolecular Hbond substituents is 1. The molecule has 0 aliphatic carbocycles. The summed E-state index contributed by atoms with van der Waals surface area (Å²) in [5.74, 6) is 0.479. The third-order valence-electron chi connectivity index (χ3n) is 3.81. The molecule has 7 nitrogen and oxygen atoms in total. The number of aromatic hydroxyl groups is 1. The van der Waals surface area contributed by atoms with E-state index in [0.29, 0.717) is 44.9 Å². The number of hydrogen-bond acceptors (Lipinski definition) is 5. The number of carbonyl (C=O) groups excluding carboxylic acids is 1. The first-order valence-corrected chi connectivity index (χ1v) is 8.99. The number of aromatic nitrogens is 4. The monoisotopic (exact) mass is 463 g/mol. The van der Waals surface area contributed by atoms with Crippen LogP contribution in [0.5, 0.6) is 5.75 Å². The van der Waals surface area contributed by atoms with Crippen LogP contribution in [0.4, 0.5) is 0 Å². The molecule has 0 unspecified atom stereocenters. The van der Waals surface area contributed by atoms with Gasteiger partial charge in [0.1, 0.15) is 17.1 Å². The number of phenols is 1. The smallest absolute Gasteiger partial charge is 0.269 e. The lowest BCUT2D eigenvalue weighted by molar-refractivity contribution is 0.0924. The fourth-order valence-electron chi connectivity index (χ4n) is 2.60. The Bertz CT molecular complexity index is 979. The maximum atomic E-state index is 11.9. The summed E-state index contributed by atoms with van der Waals surface area (Å²) in [4.78, 5) is 20.7. The van der Waals surface area contributed by atoms with E-state index in [1.807, 2.05) is 0 Å². The van der Waals surface area contributed by atoms with E-state index >= 15 is 0 Å². The second-order valence-corrected chi connectivity index (χ2v) is 7.16. The van der Waals surface area contributed by atoms with Crippen LogP contribution in [0.15, 0.2) is 39.4 Å². The highest BCUT2D eigenvalue weighted by Crippen LogP contribution is 2.36. The lowest BCUT2D eigenvalue weighted by Gasteiger charge is -2.13. The van der Waals surface area contributed by atoms with Crippen molar-refractivity contribution in [1.29, 1.82) is 0 Å². The van der Waals surface area contributed by atoms with Crippen LogP contribution in [0, 0.1) is 0 Å². The van der Waals surface area contributed by atoms with Gasteiger partial charge in [0, 0.05) is 18.3 Å². The molecule has 3 heterocycles. The Morgan fingerprint density at radius 2 is 1.92 bits per heavy atom. The second kappa shape index (κ2) is 6.23. The summed E-state index contributed by atoms with van der Waals surface area (Å²) in [5.41, 5.74) is 2.50. The van der Waals surface area contributed by atoms with Crippen molar-refractivity contribution in [3.63, 3.8) is 0 Å². The van der Waals surface area contributed by atoms with Crippen LogP contribution in [0.2, 0.25) is 0 Å². The van der Waals surface area contributed by atoms with Crippen molar-refractivity contribution < 1.29 is 9.90 Å². The molecule has 1 aliphatic rings. The number of carbonyl (C=O) groups is 1. The fourth-order valence-corrected chi connectivity index (χ4v) is 3.78. The van der Waals surface area contributed by atoms with Gasteiger partial charge in [0.05, 0.1) is 21.2 Å². The molecule has 126 valence electrons. The van der Waals surface area contributed by atoms with Gasteiger partial charge in [0.15, 0.2) is 5.82 Å². The molecule has 0 saturated heterocycles. The van der Waals surface area contributed by atoms with Gasteiger partial charge >= 0.3 is 0 Å². The molecule has 2 aromatic heterocycles. The average Bonchev–Trinajstić information content (AvgIpc) is 3.05. The summed E-state index contributed by atoms with van der Waals surface area (Å²) in [6.07, 6.45) is 1.64. The summed E-state index contributed by atoms with van der Waals surface area (Å²) in [6, 6.07) is 6.96. The van der Waals surface area contributed by atoms with E-state index < -0.39 is 0 Å². The van der Waals surface area contributed by atoms with Crippen molar-refractivity contribution >= 4 is 37.8 Å². The molecule has 0 spiro atoms. The van der Waals surface area contributed by atoms with Crippen LogP contribution in [0.1, 0.15) is 10.5 Å². The van der Waals surface area contributed by atoms with Gasteiger partial charge in [-0.05, 0) is 56.1 Å². The molecule has 4 rings (SSSR count). The third-order valence-corrected chi connectivity index (χ3v) is 5.02. The van der Waals surface area contributed by atoms with Crippen LogP contribution in [0.3, 0.4) is 0 Å². The molecule has 0 atom stereocenters. The van der Waals surface area contributed by atoms with Crippen LogP contribution in [-0.4, -0.2) is 37.3 Å². The fraction of sp³-hybridized carbons (Fsp3) is 0.125. The average molecular weight is 465 g/mol. The minimum Gasteiger partial charge on any atom is -0.506 e. The van der Waals surface area contributed by atoms with E-state index in [9.17, 15) is 9.90 Å². The number of amides is 1. The summed E-state index contributed by atoms with van der Waals surface area (Å²) in [7, 11) is 0. The number of benzene rings is 1. The molecule has 0 fully saturated rings. The van der Waals surface area contributed by atoms with Gasteiger partial charge in [0.2, 0.25) is 0 Å². The van der Waals surface area contributed by atoms with Crippen molar-refractivity contribution in [2.75, 3.05) is 6.54 Å². The van der Waals surface area contributed by atoms with Crippen LogP contribution in [-0.2, 0) is 6.54 Å². The zero-order chi connectivity index (χ0) is 17.6. The number of halogens is 2. The third kappa shape index (κ3) is 2.93. The molecule has 25 heavy (non-hydrogen) atoms. The second-order valence-electron chi connectivity index (χ2n) is 5.45. The van der Waals surface area contributed by atoms with E-state index in [-0.39, 0.29) is 11.7 Å². The van der Waals surface area contributed by atoms with Gasteiger partial charge in [-0.3, -0.25) is 9.48 Å². The van der Waals surface area contributed by atoms with Gasteiger partial charge in [0.25, 0.3) is 5.91 Å².